The summed E-state index contributed by atoms with van der Waals surface area (Å²) in [5, 5.41) is 2.95. The molecule has 9 nitrogen and oxygen atoms in total. The van der Waals surface area contributed by atoms with Gasteiger partial charge in [0.05, 0.1) is 24.8 Å². The number of amides is 2. The fourth-order valence-electron chi connectivity index (χ4n) is 3.86. The van der Waals surface area contributed by atoms with Gasteiger partial charge in [0.2, 0.25) is 11.8 Å². The van der Waals surface area contributed by atoms with Crippen LogP contribution in [-0.2, 0) is 26.2 Å². The van der Waals surface area contributed by atoms with Gasteiger partial charge in [0.1, 0.15) is 12.6 Å². The van der Waals surface area contributed by atoms with E-state index < -0.39 is 28.5 Å². The molecule has 0 radical (unpaired) electrons. The average Bonchev–Trinajstić information content (AvgIpc) is 2.93. The first-order valence-electron chi connectivity index (χ1n) is 11.8. The Balaban J connectivity index is 2.07. The molecule has 0 saturated heterocycles. The van der Waals surface area contributed by atoms with Crippen molar-refractivity contribution < 1.29 is 27.5 Å². The van der Waals surface area contributed by atoms with Gasteiger partial charge in [-0.05, 0) is 61.0 Å². The molecule has 1 unspecified atom stereocenters. The molecular formula is C27H29BrClN3O6S. The van der Waals surface area contributed by atoms with Gasteiger partial charge in [0.15, 0.2) is 11.5 Å². The number of hydrogen-bond acceptors (Lipinski definition) is 6. The van der Waals surface area contributed by atoms with E-state index >= 15 is 0 Å². The molecule has 2 amide bonds. The zero-order valence-corrected chi connectivity index (χ0v) is 25.0. The standard InChI is InChI=1S/C27H29BrClN3O6S/c1-18(27(34)30-2)31(16-19-6-5-7-20(28)14-19)26(33)17-32(22-10-8-21(29)9-11-22)39(35,36)23-12-13-24(37-3)25(15-23)38-4/h5-15,18H,16-17H2,1-4H3,(H,30,34). The largest absolute Gasteiger partial charge is 0.493 e. The number of sulfonamides is 1. The fraction of sp³-hybridized carbons (Fsp3) is 0.259. The summed E-state index contributed by atoms with van der Waals surface area (Å²) in [5.74, 6) is -0.403. The van der Waals surface area contributed by atoms with Crippen LogP contribution in [0.3, 0.4) is 0 Å². The minimum absolute atomic E-state index is 0.0811. The topological polar surface area (TPSA) is 105 Å². The molecule has 12 heteroatoms. The van der Waals surface area contributed by atoms with E-state index in [0.717, 1.165) is 14.3 Å². The summed E-state index contributed by atoms with van der Waals surface area (Å²) in [6, 6.07) is 16.7. The highest BCUT2D eigenvalue weighted by Gasteiger charge is 2.33. The van der Waals surface area contributed by atoms with E-state index in [0.29, 0.717) is 10.8 Å². The number of nitrogens with zero attached hydrogens (tertiary/aromatic N) is 2. The van der Waals surface area contributed by atoms with E-state index in [2.05, 4.69) is 21.2 Å². The van der Waals surface area contributed by atoms with Crippen LogP contribution in [0.15, 0.2) is 76.1 Å². The normalized spacial score (nSPS) is 11.8. The molecule has 3 aromatic carbocycles. The predicted molar refractivity (Wildman–Crippen MR) is 154 cm³/mol. The van der Waals surface area contributed by atoms with Gasteiger partial charge in [0, 0.05) is 29.2 Å². The Morgan fingerprint density at radius 3 is 2.26 bits per heavy atom. The first kappa shape index (κ1) is 30.3. The summed E-state index contributed by atoms with van der Waals surface area (Å²) in [6.45, 7) is 1.09. The lowest BCUT2D eigenvalue weighted by Gasteiger charge is -2.32. The number of benzene rings is 3. The van der Waals surface area contributed by atoms with Crippen molar-refractivity contribution in [2.45, 2.75) is 24.4 Å². The lowest BCUT2D eigenvalue weighted by Crippen LogP contribution is -2.50. The highest BCUT2D eigenvalue weighted by Crippen LogP contribution is 2.32. The second-order valence-electron chi connectivity index (χ2n) is 8.45. The van der Waals surface area contributed by atoms with Gasteiger partial charge in [-0.1, -0.05) is 39.7 Å². The molecule has 3 rings (SSSR count). The molecule has 39 heavy (non-hydrogen) atoms. The molecule has 0 aliphatic heterocycles. The molecule has 3 aromatic rings. The van der Waals surface area contributed by atoms with E-state index in [1.54, 1.807) is 6.92 Å². The number of methoxy groups -OCH3 is 2. The molecule has 0 aliphatic rings. The van der Waals surface area contributed by atoms with Gasteiger partial charge >= 0.3 is 0 Å². The Hall–Kier alpha value is -3.28. The Morgan fingerprint density at radius 2 is 1.67 bits per heavy atom. The maximum atomic E-state index is 13.9. The highest BCUT2D eigenvalue weighted by atomic mass is 79.9. The third-order valence-corrected chi connectivity index (χ3v) is 8.51. The minimum atomic E-state index is -4.29. The molecule has 208 valence electrons. The number of halogens is 2. The van der Waals surface area contributed by atoms with Crippen LogP contribution in [0.25, 0.3) is 0 Å². The first-order chi connectivity index (χ1) is 18.5. The van der Waals surface area contributed by atoms with Crippen molar-refractivity contribution in [1.82, 2.24) is 10.2 Å². The third-order valence-electron chi connectivity index (χ3n) is 5.99. The number of likely N-dealkylation sites (N-methyl/N-ethyl adjacent to an activating group) is 1. The first-order valence-corrected chi connectivity index (χ1v) is 14.4. The predicted octanol–water partition coefficient (Wildman–Crippen LogP) is 4.48. The number of ether oxygens (including phenoxy) is 2. The molecule has 1 atom stereocenters. The number of nitrogens with one attached hydrogen (secondary N) is 1. The molecule has 0 spiro atoms. The second kappa shape index (κ2) is 13.2. The van der Waals surface area contributed by atoms with Crippen LogP contribution in [0.2, 0.25) is 5.02 Å². The summed E-state index contributed by atoms with van der Waals surface area (Å²) >= 11 is 9.47. The van der Waals surface area contributed by atoms with Crippen molar-refractivity contribution in [3.05, 3.63) is 81.8 Å². The molecule has 0 bridgehead atoms. The number of carbonyl (C=O) groups excluding carboxylic acids is 2. The SMILES string of the molecule is CNC(=O)C(C)N(Cc1cccc(Br)c1)C(=O)CN(c1ccc(Cl)cc1)S(=O)(=O)c1ccc(OC)c(OC)c1. The Kier molecular flexibility index (Phi) is 10.2. The Labute approximate surface area is 241 Å². The molecule has 0 aromatic heterocycles. The van der Waals surface area contributed by atoms with Crippen LogP contribution in [0, 0.1) is 0 Å². The van der Waals surface area contributed by atoms with Gasteiger partial charge in [-0.2, -0.15) is 0 Å². The molecular weight excluding hydrogens is 610 g/mol. The average molecular weight is 639 g/mol. The van der Waals surface area contributed by atoms with Crippen LogP contribution < -0.4 is 19.1 Å². The van der Waals surface area contributed by atoms with Gasteiger partial charge in [-0.15, -0.1) is 0 Å². The fourth-order valence-corrected chi connectivity index (χ4v) is 5.87. The van der Waals surface area contributed by atoms with Crippen LogP contribution in [0.4, 0.5) is 5.69 Å². The lowest BCUT2D eigenvalue weighted by atomic mass is 10.1. The summed E-state index contributed by atoms with van der Waals surface area (Å²) in [7, 11) is 0.0295. The monoisotopic (exact) mass is 637 g/mol. The van der Waals surface area contributed by atoms with Crippen molar-refractivity contribution >= 4 is 55.1 Å². The van der Waals surface area contributed by atoms with E-state index in [9.17, 15) is 18.0 Å². The zero-order valence-electron chi connectivity index (χ0n) is 21.9. The van der Waals surface area contributed by atoms with E-state index in [1.807, 2.05) is 24.3 Å². The molecule has 1 N–H and O–H groups in total. The quantitative estimate of drug-likeness (QED) is 0.332. The Bertz CT molecular complexity index is 1440. The van der Waals surface area contributed by atoms with Crippen LogP contribution in [0.1, 0.15) is 12.5 Å². The van der Waals surface area contributed by atoms with Crippen molar-refractivity contribution in [3.63, 3.8) is 0 Å². The number of hydrogen-bond donors (Lipinski definition) is 1. The van der Waals surface area contributed by atoms with Crippen molar-refractivity contribution in [3.8, 4) is 11.5 Å². The van der Waals surface area contributed by atoms with E-state index in [1.165, 1.54) is 68.6 Å². The summed E-state index contributed by atoms with van der Waals surface area (Å²) in [5.41, 5.74) is 0.979. The van der Waals surface area contributed by atoms with Crippen LogP contribution >= 0.6 is 27.5 Å². The second-order valence-corrected chi connectivity index (χ2v) is 11.7. The maximum Gasteiger partial charge on any atom is 0.264 e. The summed E-state index contributed by atoms with van der Waals surface area (Å²) < 4.78 is 40.2. The molecule has 0 heterocycles. The lowest BCUT2D eigenvalue weighted by molar-refractivity contribution is -0.139. The van der Waals surface area contributed by atoms with E-state index in [4.69, 9.17) is 21.1 Å². The summed E-state index contributed by atoms with van der Waals surface area (Å²) in [6.07, 6.45) is 0. The molecule has 0 saturated carbocycles. The van der Waals surface area contributed by atoms with Gasteiger partial charge in [-0.25, -0.2) is 8.42 Å². The van der Waals surface area contributed by atoms with Gasteiger partial charge < -0.3 is 19.7 Å². The third kappa shape index (κ3) is 7.23. The summed E-state index contributed by atoms with van der Waals surface area (Å²) in [4.78, 5) is 27.6. The number of anilines is 1. The number of rotatable bonds is 11. The van der Waals surface area contributed by atoms with Gasteiger partial charge in [-0.3, -0.25) is 13.9 Å². The molecule has 0 fully saturated rings. The van der Waals surface area contributed by atoms with Crippen molar-refractivity contribution in [1.29, 1.82) is 0 Å². The maximum absolute atomic E-state index is 13.9. The van der Waals surface area contributed by atoms with Gasteiger partial charge in [0.25, 0.3) is 10.0 Å². The minimum Gasteiger partial charge on any atom is -0.493 e. The highest BCUT2D eigenvalue weighted by molar-refractivity contribution is 9.10. The molecule has 0 aliphatic carbocycles. The van der Waals surface area contributed by atoms with Crippen LogP contribution in [0.5, 0.6) is 11.5 Å². The zero-order chi connectivity index (χ0) is 28.7. The van der Waals surface area contributed by atoms with Crippen LogP contribution in [-0.4, -0.2) is 59.0 Å². The number of carbonyl (C=O) groups is 2. The van der Waals surface area contributed by atoms with Crippen molar-refractivity contribution in [2.75, 3.05) is 32.1 Å². The van der Waals surface area contributed by atoms with Crippen molar-refractivity contribution in [2.24, 2.45) is 0 Å². The Morgan fingerprint density at radius 1 is 1.00 bits per heavy atom. The van der Waals surface area contributed by atoms with E-state index in [-0.39, 0.29) is 28.8 Å². The smallest absolute Gasteiger partial charge is 0.264 e.